The third-order valence-corrected chi connectivity index (χ3v) is 3.99. The normalized spacial score (nSPS) is 10.4. The van der Waals surface area contributed by atoms with Crippen LogP contribution in [0.2, 0.25) is 0 Å². The summed E-state index contributed by atoms with van der Waals surface area (Å²) in [7, 11) is 1.63. The molecule has 1 N–H and O–H groups in total. The molecule has 0 saturated heterocycles. The van der Waals surface area contributed by atoms with Gasteiger partial charge in [-0.3, -0.25) is 0 Å². The second-order valence-electron chi connectivity index (χ2n) is 5.09. The van der Waals surface area contributed by atoms with E-state index >= 15 is 0 Å². The molecule has 3 rings (SSSR count). The number of ether oxygens (including phenoxy) is 2. The average Bonchev–Trinajstić information content (AvgIpc) is 3.13. The van der Waals surface area contributed by atoms with Crippen molar-refractivity contribution in [3.8, 4) is 11.5 Å². The van der Waals surface area contributed by atoms with Crippen LogP contribution in [0, 0.1) is 0 Å². The summed E-state index contributed by atoms with van der Waals surface area (Å²) in [4.78, 5) is 0. The molecule has 1 aromatic heterocycles. The maximum Gasteiger partial charge on any atom is 0.175 e. The molecule has 0 fully saturated rings. The predicted molar refractivity (Wildman–Crippen MR) is 94.6 cm³/mol. The van der Waals surface area contributed by atoms with Crippen LogP contribution < -0.4 is 14.9 Å². The zero-order valence-electron chi connectivity index (χ0n) is 13.1. The molecule has 0 bridgehead atoms. The van der Waals surface area contributed by atoms with Crippen molar-refractivity contribution >= 4 is 15.9 Å². The number of hydrogen-bond acceptors (Lipinski definition) is 5. The van der Waals surface area contributed by atoms with Crippen molar-refractivity contribution in [2.24, 2.45) is 0 Å². The van der Waals surface area contributed by atoms with Crippen molar-refractivity contribution < 1.29 is 9.47 Å². The molecule has 0 atom stereocenters. The molecule has 0 aliphatic heterocycles. The average molecular weight is 389 g/mol. The smallest absolute Gasteiger partial charge is 0.175 e. The fourth-order valence-corrected chi connectivity index (χ4v) is 2.81. The minimum Gasteiger partial charge on any atom is -0.493 e. The molecule has 0 aliphatic carbocycles. The van der Waals surface area contributed by atoms with Crippen LogP contribution in [0.3, 0.4) is 0 Å². The summed E-state index contributed by atoms with van der Waals surface area (Å²) in [6.07, 6.45) is 3.20. The van der Waals surface area contributed by atoms with Gasteiger partial charge in [-0.05, 0) is 39.2 Å². The summed E-state index contributed by atoms with van der Waals surface area (Å²) in [6, 6.07) is 14.0. The molecule has 0 amide bonds. The minimum absolute atomic E-state index is 0.480. The lowest BCUT2D eigenvalue weighted by Crippen LogP contribution is -2.12. The van der Waals surface area contributed by atoms with Gasteiger partial charge in [0.25, 0.3) is 0 Å². The fraction of sp³-hybridized carbons (Fsp3) is 0.176. The van der Waals surface area contributed by atoms with Gasteiger partial charge in [-0.1, -0.05) is 30.3 Å². The molecule has 0 radical (unpaired) electrons. The molecule has 124 valence electrons. The van der Waals surface area contributed by atoms with Gasteiger partial charge in [0.1, 0.15) is 19.3 Å². The summed E-state index contributed by atoms with van der Waals surface area (Å²) in [5, 5.41) is 7.50. The molecule has 1 heterocycles. The van der Waals surface area contributed by atoms with E-state index in [1.165, 1.54) is 0 Å². The van der Waals surface area contributed by atoms with Crippen LogP contribution in [0.15, 0.2) is 59.6 Å². The first-order valence-electron chi connectivity index (χ1n) is 7.38. The number of nitrogens with zero attached hydrogens (tertiary/aromatic N) is 3. The van der Waals surface area contributed by atoms with E-state index in [1.807, 2.05) is 42.5 Å². The zero-order valence-corrected chi connectivity index (χ0v) is 14.7. The molecule has 3 aromatic rings. The predicted octanol–water partition coefficient (Wildman–Crippen LogP) is 3.37. The number of halogens is 1. The maximum absolute atomic E-state index is 5.93. The highest BCUT2D eigenvalue weighted by Gasteiger charge is 2.12. The Hall–Kier alpha value is -2.54. The van der Waals surface area contributed by atoms with E-state index < -0.39 is 0 Å². The van der Waals surface area contributed by atoms with E-state index in [0.717, 1.165) is 15.6 Å². The summed E-state index contributed by atoms with van der Waals surface area (Å²) in [6.45, 7) is 1.08. The van der Waals surface area contributed by atoms with Gasteiger partial charge in [-0.15, -0.1) is 10.2 Å². The minimum atomic E-state index is 0.480. The number of aromatic nitrogens is 3. The highest BCUT2D eigenvalue weighted by atomic mass is 79.9. The molecule has 0 saturated carbocycles. The third-order valence-electron chi connectivity index (χ3n) is 3.40. The lowest BCUT2D eigenvalue weighted by molar-refractivity contribution is 0.282. The molecule has 0 spiro atoms. The van der Waals surface area contributed by atoms with E-state index in [0.29, 0.717) is 24.7 Å². The van der Waals surface area contributed by atoms with Crippen LogP contribution in [-0.4, -0.2) is 22.0 Å². The molecule has 6 nitrogen and oxygen atoms in total. The highest BCUT2D eigenvalue weighted by Crippen LogP contribution is 2.37. The Balaban J connectivity index is 1.72. The largest absolute Gasteiger partial charge is 0.493 e. The Morgan fingerprint density at radius 2 is 1.83 bits per heavy atom. The van der Waals surface area contributed by atoms with Gasteiger partial charge in [0.2, 0.25) is 0 Å². The van der Waals surface area contributed by atoms with E-state index in [2.05, 4.69) is 31.6 Å². The van der Waals surface area contributed by atoms with E-state index in [-0.39, 0.29) is 0 Å². The van der Waals surface area contributed by atoms with Gasteiger partial charge in [-0.2, -0.15) is 0 Å². The number of benzene rings is 2. The SMILES string of the molecule is COc1cc(CNn2cnnc2)cc(Br)c1OCc1ccccc1. The van der Waals surface area contributed by atoms with E-state index in [9.17, 15) is 0 Å². The Kier molecular flexibility index (Phi) is 5.32. The molecular weight excluding hydrogens is 372 g/mol. The molecule has 7 heteroatoms. The van der Waals surface area contributed by atoms with Crippen LogP contribution in [0.5, 0.6) is 11.5 Å². The zero-order chi connectivity index (χ0) is 16.8. The van der Waals surface area contributed by atoms with Gasteiger partial charge in [0.15, 0.2) is 11.5 Å². The van der Waals surface area contributed by atoms with Gasteiger partial charge in [0.05, 0.1) is 18.1 Å². The van der Waals surface area contributed by atoms with Gasteiger partial charge in [0, 0.05) is 0 Å². The lowest BCUT2D eigenvalue weighted by Gasteiger charge is -2.15. The van der Waals surface area contributed by atoms with E-state index in [4.69, 9.17) is 9.47 Å². The first-order valence-corrected chi connectivity index (χ1v) is 8.17. The summed E-state index contributed by atoms with van der Waals surface area (Å²) >= 11 is 3.57. The molecule has 2 aromatic carbocycles. The van der Waals surface area contributed by atoms with Crippen LogP contribution in [-0.2, 0) is 13.2 Å². The van der Waals surface area contributed by atoms with Gasteiger partial charge < -0.3 is 14.9 Å². The maximum atomic E-state index is 5.93. The molecule has 0 aliphatic rings. The van der Waals surface area contributed by atoms with Crippen molar-refractivity contribution in [1.82, 2.24) is 14.9 Å². The fourth-order valence-electron chi connectivity index (χ4n) is 2.21. The topological polar surface area (TPSA) is 61.2 Å². The lowest BCUT2D eigenvalue weighted by atomic mass is 10.2. The van der Waals surface area contributed by atoms with Crippen molar-refractivity contribution in [3.05, 3.63) is 70.7 Å². The Morgan fingerprint density at radius 1 is 1.08 bits per heavy atom. The van der Waals surface area contributed by atoms with Crippen molar-refractivity contribution in [1.29, 1.82) is 0 Å². The summed E-state index contributed by atoms with van der Waals surface area (Å²) < 4.78 is 14.0. The van der Waals surface area contributed by atoms with Gasteiger partial charge >= 0.3 is 0 Å². The standard InChI is InChI=1S/C17H17BrN4O2/c1-23-16-8-14(9-21-22-11-19-20-12-22)7-15(18)17(16)24-10-13-5-3-2-4-6-13/h2-8,11-12,21H,9-10H2,1H3. The van der Waals surface area contributed by atoms with Crippen molar-refractivity contribution in [2.45, 2.75) is 13.2 Å². The quantitative estimate of drug-likeness (QED) is 0.672. The van der Waals surface area contributed by atoms with Crippen LogP contribution >= 0.6 is 15.9 Å². The van der Waals surface area contributed by atoms with Crippen LogP contribution in [0.4, 0.5) is 0 Å². The first kappa shape index (κ1) is 16.3. The number of methoxy groups -OCH3 is 1. The highest BCUT2D eigenvalue weighted by molar-refractivity contribution is 9.10. The number of hydrogen-bond donors (Lipinski definition) is 1. The molecule has 0 unspecified atom stereocenters. The Labute approximate surface area is 148 Å². The molecule has 24 heavy (non-hydrogen) atoms. The Morgan fingerprint density at radius 3 is 2.54 bits per heavy atom. The number of rotatable bonds is 7. The summed E-state index contributed by atoms with van der Waals surface area (Å²) in [5.41, 5.74) is 5.31. The van der Waals surface area contributed by atoms with Gasteiger partial charge in [-0.25, -0.2) is 4.68 Å². The van der Waals surface area contributed by atoms with E-state index in [1.54, 1.807) is 24.4 Å². The second kappa shape index (κ2) is 7.83. The monoisotopic (exact) mass is 388 g/mol. The third kappa shape index (κ3) is 4.05. The van der Waals surface area contributed by atoms with Crippen molar-refractivity contribution in [2.75, 3.05) is 12.5 Å². The second-order valence-corrected chi connectivity index (χ2v) is 5.94. The molecular formula is C17H17BrN4O2. The first-order chi connectivity index (χ1) is 11.8. The van der Waals surface area contributed by atoms with Crippen LogP contribution in [0.1, 0.15) is 11.1 Å². The number of nitrogens with one attached hydrogen (secondary N) is 1. The van der Waals surface area contributed by atoms with Crippen LogP contribution in [0.25, 0.3) is 0 Å². The summed E-state index contributed by atoms with van der Waals surface area (Å²) in [5.74, 6) is 1.37. The Bertz CT molecular complexity index is 779. The van der Waals surface area contributed by atoms with Crippen molar-refractivity contribution in [3.63, 3.8) is 0 Å².